The van der Waals surface area contributed by atoms with Gasteiger partial charge in [-0.15, -0.1) is 0 Å². The Morgan fingerprint density at radius 3 is 2.54 bits per heavy atom. The fraction of sp³-hybridized carbons (Fsp3) is 0.391. The molecular formula is C23H26ClN4O6P. The van der Waals surface area contributed by atoms with E-state index in [0.29, 0.717) is 41.3 Å². The number of ether oxygens (including phenoxy) is 1. The quantitative estimate of drug-likeness (QED) is 0.339. The standard InChI is InChI=1S/C23H26ClN4O6P/c1-34-22-21-17(12-20(26-22)27-9-6-15(7-10-27)8-11-35(31,32)33)13-25-28(23(21)30)14-19(29)16-2-4-18(24)5-3-16/h2-5,12-13,15H,6-11,14H2,1H3,(H2,31,32,33). The molecule has 1 saturated heterocycles. The van der Waals surface area contributed by atoms with Gasteiger partial charge in [0.15, 0.2) is 5.78 Å². The fourth-order valence-electron chi connectivity index (χ4n) is 4.24. The van der Waals surface area contributed by atoms with Gasteiger partial charge in [0.1, 0.15) is 17.7 Å². The molecule has 0 saturated carbocycles. The zero-order chi connectivity index (χ0) is 25.2. The van der Waals surface area contributed by atoms with Gasteiger partial charge in [-0.1, -0.05) is 11.6 Å². The number of pyridine rings is 1. The molecule has 4 rings (SSSR count). The van der Waals surface area contributed by atoms with Crippen LogP contribution in [0.15, 0.2) is 41.3 Å². The number of hydrogen-bond acceptors (Lipinski definition) is 7. The zero-order valence-corrected chi connectivity index (χ0v) is 20.8. The van der Waals surface area contributed by atoms with E-state index in [4.69, 9.17) is 26.1 Å². The summed E-state index contributed by atoms with van der Waals surface area (Å²) >= 11 is 5.88. The Morgan fingerprint density at radius 2 is 1.91 bits per heavy atom. The molecule has 3 aromatic rings. The number of anilines is 1. The van der Waals surface area contributed by atoms with E-state index in [2.05, 4.69) is 15.0 Å². The SMILES string of the molecule is COc1nc(N2CCC(CCP(=O)(O)O)CC2)cc2cnn(CC(=O)c3ccc(Cl)cc3)c(=O)c12. The highest BCUT2D eigenvalue weighted by Gasteiger charge is 2.24. The number of piperidine rings is 1. The zero-order valence-electron chi connectivity index (χ0n) is 19.1. The number of Topliss-reactive ketones (excluding diaryl/α,β-unsaturated/α-hetero) is 1. The molecule has 0 unspecified atom stereocenters. The molecule has 1 aromatic carbocycles. The molecule has 0 spiro atoms. The Kier molecular flexibility index (Phi) is 7.56. The molecule has 0 amide bonds. The van der Waals surface area contributed by atoms with Crippen molar-refractivity contribution < 1.29 is 23.9 Å². The molecular weight excluding hydrogens is 495 g/mol. The van der Waals surface area contributed by atoms with E-state index in [1.165, 1.54) is 13.3 Å². The van der Waals surface area contributed by atoms with Gasteiger partial charge in [0.05, 0.1) is 19.5 Å². The van der Waals surface area contributed by atoms with Crippen LogP contribution in [0.1, 0.15) is 29.6 Å². The van der Waals surface area contributed by atoms with Crippen LogP contribution >= 0.6 is 19.2 Å². The van der Waals surface area contributed by atoms with Crippen LogP contribution in [0.2, 0.25) is 5.02 Å². The van der Waals surface area contributed by atoms with Crippen LogP contribution in [0, 0.1) is 5.92 Å². The minimum absolute atomic E-state index is 0.0990. The van der Waals surface area contributed by atoms with Crippen molar-refractivity contribution in [1.82, 2.24) is 14.8 Å². The van der Waals surface area contributed by atoms with Crippen molar-refractivity contribution in [2.24, 2.45) is 5.92 Å². The van der Waals surface area contributed by atoms with Gasteiger partial charge in [-0.25, -0.2) is 4.68 Å². The number of halogens is 1. The molecule has 1 aliphatic rings. The van der Waals surface area contributed by atoms with Gasteiger partial charge in [0.25, 0.3) is 5.56 Å². The van der Waals surface area contributed by atoms with Crippen molar-refractivity contribution in [3.05, 3.63) is 57.5 Å². The minimum Gasteiger partial charge on any atom is -0.480 e. The Balaban J connectivity index is 1.54. The predicted octanol–water partition coefficient (Wildman–Crippen LogP) is 3.12. The molecule has 0 radical (unpaired) electrons. The average molecular weight is 521 g/mol. The normalized spacial score (nSPS) is 14.9. The number of aromatic nitrogens is 3. The van der Waals surface area contributed by atoms with E-state index in [9.17, 15) is 14.2 Å². The predicted molar refractivity (Wildman–Crippen MR) is 133 cm³/mol. The number of carbonyl (C=O) groups is 1. The number of fused-ring (bicyclic) bond motifs is 1. The van der Waals surface area contributed by atoms with Crippen LogP contribution in [0.3, 0.4) is 0 Å². The first kappa shape index (κ1) is 25.3. The van der Waals surface area contributed by atoms with Gasteiger partial charge in [0, 0.05) is 29.1 Å². The summed E-state index contributed by atoms with van der Waals surface area (Å²) in [6, 6.07) is 8.19. The smallest absolute Gasteiger partial charge is 0.325 e. The van der Waals surface area contributed by atoms with Gasteiger partial charge < -0.3 is 19.4 Å². The average Bonchev–Trinajstić information content (AvgIpc) is 2.84. The lowest BCUT2D eigenvalue weighted by atomic mass is 9.94. The van der Waals surface area contributed by atoms with E-state index in [1.54, 1.807) is 30.3 Å². The summed E-state index contributed by atoms with van der Waals surface area (Å²) < 4.78 is 17.7. The van der Waals surface area contributed by atoms with Crippen LogP contribution in [0.25, 0.3) is 10.8 Å². The van der Waals surface area contributed by atoms with E-state index in [1.807, 2.05) is 0 Å². The molecule has 2 N–H and O–H groups in total. The van der Waals surface area contributed by atoms with Crippen molar-refractivity contribution in [3.63, 3.8) is 0 Å². The monoisotopic (exact) mass is 520 g/mol. The minimum atomic E-state index is -3.99. The summed E-state index contributed by atoms with van der Waals surface area (Å²) in [5.41, 5.74) is -0.0512. The van der Waals surface area contributed by atoms with E-state index in [0.717, 1.165) is 17.5 Å². The number of hydrogen-bond donors (Lipinski definition) is 2. The number of carbonyl (C=O) groups excluding carboxylic acids is 1. The molecule has 0 bridgehead atoms. The second-order valence-electron chi connectivity index (χ2n) is 8.60. The summed E-state index contributed by atoms with van der Waals surface area (Å²) in [6.45, 7) is 1.12. The maximum absolute atomic E-state index is 13.1. The molecule has 0 aliphatic carbocycles. The third-order valence-corrected chi connectivity index (χ3v) is 7.30. The lowest BCUT2D eigenvalue weighted by Crippen LogP contribution is -2.34. The summed E-state index contributed by atoms with van der Waals surface area (Å²) in [4.78, 5) is 50.6. The highest BCUT2D eigenvalue weighted by atomic mass is 35.5. The molecule has 1 aliphatic heterocycles. The lowest BCUT2D eigenvalue weighted by Gasteiger charge is -2.33. The van der Waals surface area contributed by atoms with Crippen LogP contribution in [0.4, 0.5) is 5.82 Å². The van der Waals surface area contributed by atoms with Crippen LogP contribution in [-0.4, -0.2) is 56.7 Å². The molecule has 12 heteroatoms. The largest absolute Gasteiger partial charge is 0.480 e. The van der Waals surface area contributed by atoms with Crippen LogP contribution < -0.4 is 15.2 Å². The molecule has 186 valence electrons. The topological polar surface area (TPSA) is 135 Å². The number of ketones is 1. The Morgan fingerprint density at radius 1 is 1.23 bits per heavy atom. The van der Waals surface area contributed by atoms with Crippen LogP contribution in [-0.2, 0) is 11.1 Å². The van der Waals surface area contributed by atoms with E-state index in [-0.39, 0.29) is 35.7 Å². The van der Waals surface area contributed by atoms with Gasteiger partial charge in [-0.2, -0.15) is 10.1 Å². The second kappa shape index (κ2) is 10.5. The Bertz CT molecular complexity index is 1330. The maximum atomic E-state index is 13.1. The van der Waals surface area contributed by atoms with Gasteiger partial charge in [-0.3, -0.25) is 14.2 Å². The van der Waals surface area contributed by atoms with Crippen molar-refractivity contribution in [1.29, 1.82) is 0 Å². The third-order valence-electron chi connectivity index (χ3n) is 6.21. The Labute approximate surface area is 206 Å². The third kappa shape index (κ3) is 6.08. The van der Waals surface area contributed by atoms with E-state index >= 15 is 0 Å². The van der Waals surface area contributed by atoms with Gasteiger partial charge in [-0.05, 0) is 55.5 Å². The van der Waals surface area contributed by atoms with Crippen LogP contribution in [0.5, 0.6) is 5.88 Å². The maximum Gasteiger partial charge on any atom is 0.325 e. The molecule has 0 atom stereocenters. The molecule has 10 nitrogen and oxygen atoms in total. The Hall–Kier alpha value is -2.78. The van der Waals surface area contributed by atoms with Crippen molar-refractivity contribution in [3.8, 4) is 5.88 Å². The van der Waals surface area contributed by atoms with Crippen molar-refractivity contribution in [2.75, 3.05) is 31.3 Å². The number of benzene rings is 1. The number of methoxy groups -OCH3 is 1. The summed E-state index contributed by atoms with van der Waals surface area (Å²) in [5, 5.41) is 5.50. The first-order valence-corrected chi connectivity index (χ1v) is 13.4. The van der Waals surface area contributed by atoms with Crippen molar-refractivity contribution in [2.45, 2.75) is 25.8 Å². The number of rotatable bonds is 8. The van der Waals surface area contributed by atoms with E-state index < -0.39 is 13.2 Å². The first-order valence-electron chi connectivity index (χ1n) is 11.2. The van der Waals surface area contributed by atoms with Crippen molar-refractivity contribution >= 4 is 41.6 Å². The highest BCUT2D eigenvalue weighted by molar-refractivity contribution is 7.51. The summed E-state index contributed by atoms with van der Waals surface area (Å²) in [7, 11) is -2.56. The fourth-order valence-corrected chi connectivity index (χ4v) is 5.07. The lowest BCUT2D eigenvalue weighted by molar-refractivity contribution is 0.0966. The number of nitrogens with zero attached hydrogens (tertiary/aromatic N) is 4. The summed E-state index contributed by atoms with van der Waals surface area (Å²) in [5.74, 6) is 0.759. The van der Waals surface area contributed by atoms with Gasteiger partial charge >= 0.3 is 7.60 Å². The first-order chi connectivity index (χ1) is 16.6. The highest BCUT2D eigenvalue weighted by Crippen LogP contribution is 2.38. The second-order valence-corrected chi connectivity index (χ2v) is 10.8. The van der Waals surface area contributed by atoms with Gasteiger partial charge in [0.2, 0.25) is 5.88 Å². The summed E-state index contributed by atoms with van der Waals surface area (Å²) in [6.07, 6.45) is 3.48. The molecule has 1 fully saturated rings. The molecule has 3 heterocycles. The molecule has 2 aromatic heterocycles. The molecule has 35 heavy (non-hydrogen) atoms.